The molecule has 0 bridgehead atoms. The molecule has 5 heteroatoms. The van der Waals surface area contributed by atoms with E-state index in [9.17, 15) is 12.9 Å². The van der Waals surface area contributed by atoms with Crippen LogP contribution in [0.1, 0.15) is 25.3 Å². The van der Waals surface area contributed by atoms with E-state index in [1.54, 1.807) is 12.1 Å². The molecule has 0 aromatic heterocycles. The summed E-state index contributed by atoms with van der Waals surface area (Å²) < 4.78 is 42.1. The Bertz CT molecular complexity index is 399. The highest BCUT2D eigenvalue weighted by Gasteiger charge is 2.27. The van der Waals surface area contributed by atoms with Crippen LogP contribution in [-0.4, -0.2) is 13.6 Å². The van der Waals surface area contributed by atoms with E-state index in [0.717, 1.165) is 5.56 Å². The minimum absolute atomic E-state index is 0.205. The molecule has 0 radical (unpaired) electrons. The average Bonchev–Trinajstić information content (AvgIpc) is 2.24. The molecule has 17 heavy (non-hydrogen) atoms. The second kappa shape index (κ2) is 5.30. The van der Waals surface area contributed by atoms with Crippen molar-refractivity contribution in [2.24, 2.45) is 0 Å². The lowest BCUT2D eigenvalue weighted by Gasteiger charge is -2.20. The molecule has 1 rings (SSSR count). The van der Waals surface area contributed by atoms with Gasteiger partial charge in [-0.1, -0.05) is 32.0 Å². The van der Waals surface area contributed by atoms with Gasteiger partial charge < -0.3 is 17.7 Å². The van der Waals surface area contributed by atoms with Crippen LogP contribution in [0.3, 0.4) is 0 Å². The smallest absolute Gasteiger partial charge is 0.492 e. The van der Waals surface area contributed by atoms with Gasteiger partial charge in [0.05, 0.1) is 6.61 Å². The maximum atomic E-state index is 12.3. The number of para-hydroxylation sites is 1. The number of benzene rings is 1. The molecule has 0 aliphatic carbocycles. The van der Waals surface area contributed by atoms with Crippen molar-refractivity contribution in [2.75, 3.05) is 6.61 Å². The Morgan fingerprint density at radius 2 is 1.88 bits per heavy atom. The Kier molecular flexibility index (Phi) is 4.26. The molecule has 1 aromatic rings. The van der Waals surface area contributed by atoms with E-state index in [2.05, 4.69) is 6.58 Å². The summed E-state index contributed by atoms with van der Waals surface area (Å²) in [5, 5.41) is 0. The lowest BCUT2D eigenvalue weighted by molar-refractivity contribution is 0.342. The van der Waals surface area contributed by atoms with E-state index < -0.39 is 19.1 Å². The number of hydrogen-bond acceptors (Lipinski definition) is 1. The van der Waals surface area contributed by atoms with E-state index >= 15 is 0 Å². The lowest BCUT2D eigenvalue weighted by atomic mass is 9.81. The molecule has 0 aliphatic heterocycles. The average molecular weight is 243 g/mol. The highest BCUT2D eigenvalue weighted by molar-refractivity contribution is 6.66. The van der Waals surface area contributed by atoms with Gasteiger partial charge in [-0.15, -0.1) is 12.1 Å². The van der Waals surface area contributed by atoms with Crippen molar-refractivity contribution in [3.63, 3.8) is 0 Å². The fraction of sp³-hybridized carbons (Fsp3) is 0.333. The van der Waals surface area contributed by atoms with Crippen LogP contribution in [0.2, 0.25) is 0 Å². The van der Waals surface area contributed by atoms with Gasteiger partial charge in [0.2, 0.25) is 0 Å². The summed E-state index contributed by atoms with van der Waals surface area (Å²) in [4.78, 5) is 0. The van der Waals surface area contributed by atoms with Crippen LogP contribution in [0.25, 0.3) is 0 Å². The molecule has 1 aromatic carbocycles. The second-order valence-electron chi connectivity index (χ2n) is 4.21. The SMILES string of the molecule is C=C(COc1ccccc1C(C)C)[B-](F)(F)F. The van der Waals surface area contributed by atoms with Gasteiger partial charge in [-0.3, -0.25) is 0 Å². The quantitative estimate of drug-likeness (QED) is 0.706. The van der Waals surface area contributed by atoms with Crippen LogP contribution < -0.4 is 4.74 Å². The van der Waals surface area contributed by atoms with Crippen molar-refractivity contribution >= 4 is 6.98 Å². The monoisotopic (exact) mass is 243 g/mol. The second-order valence-corrected chi connectivity index (χ2v) is 4.21. The number of hydrogen-bond donors (Lipinski definition) is 0. The maximum absolute atomic E-state index is 12.3. The fourth-order valence-corrected chi connectivity index (χ4v) is 1.35. The van der Waals surface area contributed by atoms with Gasteiger partial charge in [0.15, 0.2) is 0 Å². The van der Waals surface area contributed by atoms with E-state index in [1.807, 2.05) is 26.0 Å². The fourth-order valence-electron chi connectivity index (χ4n) is 1.35. The highest BCUT2D eigenvalue weighted by atomic mass is 19.4. The molecule has 0 atom stereocenters. The molecule has 0 saturated heterocycles. The highest BCUT2D eigenvalue weighted by Crippen LogP contribution is 2.27. The maximum Gasteiger partial charge on any atom is 0.508 e. The zero-order valence-corrected chi connectivity index (χ0v) is 9.92. The first-order valence-corrected chi connectivity index (χ1v) is 5.41. The first kappa shape index (κ1) is 13.7. The third-order valence-electron chi connectivity index (χ3n) is 2.42. The van der Waals surface area contributed by atoms with E-state index in [1.165, 1.54) is 0 Å². The Hall–Kier alpha value is -1.39. The molecule has 0 saturated carbocycles. The van der Waals surface area contributed by atoms with Crippen molar-refractivity contribution in [1.29, 1.82) is 0 Å². The Morgan fingerprint density at radius 3 is 2.41 bits per heavy atom. The molecule has 0 heterocycles. The Balaban J connectivity index is 2.73. The number of halogens is 3. The van der Waals surface area contributed by atoms with Crippen molar-refractivity contribution < 1.29 is 17.7 Å². The minimum Gasteiger partial charge on any atom is -0.492 e. The third kappa shape index (κ3) is 3.84. The number of rotatable bonds is 5. The Morgan fingerprint density at radius 1 is 1.29 bits per heavy atom. The predicted molar refractivity (Wildman–Crippen MR) is 64.2 cm³/mol. The summed E-state index contributed by atoms with van der Waals surface area (Å²) in [5.74, 6) is 0.694. The summed E-state index contributed by atoms with van der Waals surface area (Å²) in [6.07, 6.45) is 0. The van der Waals surface area contributed by atoms with Gasteiger partial charge in [0.1, 0.15) is 5.75 Å². The predicted octanol–water partition coefficient (Wildman–Crippen LogP) is 4.13. The zero-order valence-electron chi connectivity index (χ0n) is 9.92. The van der Waals surface area contributed by atoms with Gasteiger partial charge in [-0.05, 0) is 17.5 Å². The molecule has 0 fully saturated rings. The van der Waals surface area contributed by atoms with Gasteiger partial charge in [0.25, 0.3) is 0 Å². The minimum atomic E-state index is -5.02. The molecule has 94 valence electrons. The normalized spacial score (nSPS) is 11.6. The van der Waals surface area contributed by atoms with Gasteiger partial charge in [-0.2, -0.15) is 0 Å². The molecular weight excluding hydrogens is 228 g/mol. The van der Waals surface area contributed by atoms with Crippen LogP contribution >= 0.6 is 0 Å². The van der Waals surface area contributed by atoms with Gasteiger partial charge in [0, 0.05) is 0 Å². The topological polar surface area (TPSA) is 9.23 Å². The van der Waals surface area contributed by atoms with Crippen molar-refractivity contribution in [1.82, 2.24) is 0 Å². The standard InChI is InChI=1S/C12H15BF3O/c1-9(2)11-6-4-5-7-12(11)17-8-10(3)13(14,15)16/h4-7,9H,3,8H2,1-2H3/q-1. The van der Waals surface area contributed by atoms with Gasteiger partial charge >= 0.3 is 6.98 Å². The van der Waals surface area contributed by atoms with E-state index in [0.29, 0.717) is 5.75 Å². The molecule has 0 unspecified atom stereocenters. The molecule has 0 spiro atoms. The number of ether oxygens (including phenoxy) is 1. The summed E-state index contributed by atoms with van der Waals surface area (Å²) in [6.45, 7) is 1.39. The van der Waals surface area contributed by atoms with Crippen molar-refractivity contribution in [2.45, 2.75) is 19.8 Å². The third-order valence-corrected chi connectivity index (χ3v) is 2.42. The largest absolute Gasteiger partial charge is 0.508 e. The summed E-state index contributed by atoms with van der Waals surface area (Å²) >= 11 is 0. The molecule has 0 N–H and O–H groups in total. The van der Waals surface area contributed by atoms with Crippen LogP contribution in [0.5, 0.6) is 5.75 Å². The van der Waals surface area contributed by atoms with Crippen LogP contribution in [-0.2, 0) is 0 Å². The van der Waals surface area contributed by atoms with Crippen LogP contribution in [0.4, 0.5) is 12.9 Å². The summed E-state index contributed by atoms with van der Waals surface area (Å²) in [6, 6.07) is 7.10. The molecule has 1 nitrogen and oxygen atoms in total. The molecule has 0 amide bonds. The first-order chi connectivity index (χ1) is 7.82. The molecular formula is C12H15BF3O-. The van der Waals surface area contributed by atoms with Crippen LogP contribution in [0.15, 0.2) is 36.3 Å². The van der Waals surface area contributed by atoms with Crippen LogP contribution in [0, 0.1) is 0 Å². The van der Waals surface area contributed by atoms with Crippen molar-refractivity contribution in [3.05, 3.63) is 41.9 Å². The summed E-state index contributed by atoms with van der Waals surface area (Å²) in [7, 11) is 0. The molecule has 0 aliphatic rings. The lowest BCUT2D eigenvalue weighted by Crippen LogP contribution is -2.23. The summed E-state index contributed by atoms with van der Waals surface area (Å²) in [5.41, 5.74) is 0.0820. The Labute approximate surface area is 99.3 Å². The van der Waals surface area contributed by atoms with E-state index in [-0.39, 0.29) is 5.92 Å². The zero-order chi connectivity index (χ0) is 13.1. The van der Waals surface area contributed by atoms with E-state index in [4.69, 9.17) is 4.74 Å². The first-order valence-electron chi connectivity index (χ1n) is 5.41. The van der Waals surface area contributed by atoms with Gasteiger partial charge in [-0.25, -0.2) is 0 Å². The van der Waals surface area contributed by atoms with Crippen molar-refractivity contribution in [3.8, 4) is 5.75 Å².